The van der Waals surface area contributed by atoms with Gasteiger partial charge in [-0.3, -0.25) is 0 Å². The fraction of sp³-hybridized carbons (Fsp3) is 0.100. The van der Waals surface area contributed by atoms with Crippen LogP contribution in [0.5, 0.6) is 0 Å². The molecule has 31 heavy (non-hydrogen) atoms. The van der Waals surface area contributed by atoms with Crippen LogP contribution in [-0.4, -0.2) is 18.5 Å². The number of hydrogen-bond donors (Lipinski definition) is 0. The average molecular weight is 465 g/mol. The van der Waals surface area contributed by atoms with Gasteiger partial charge >= 0.3 is 5.51 Å². The highest BCUT2D eigenvalue weighted by molar-refractivity contribution is 7.86. The van der Waals surface area contributed by atoms with Crippen molar-refractivity contribution < 1.29 is 26.1 Å². The van der Waals surface area contributed by atoms with Crippen LogP contribution in [0.15, 0.2) is 77.9 Å². The first kappa shape index (κ1) is 22.6. The lowest BCUT2D eigenvalue weighted by Crippen LogP contribution is -2.21. The molecule has 0 aliphatic heterocycles. The first-order valence-corrected chi connectivity index (χ1v) is 11.3. The number of benzene rings is 3. The van der Waals surface area contributed by atoms with Crippen molar-refractivity contribution in [3.05, 3.63) is 88.8 Å². The fourth-order valence-electron chi connectivity index (χ4n) is 2.95. The van der Waals surface area contributed by atoms with E-state index in [4.69, 9.17) is 18.5 Å². The molecule has 11 heteroatoms. The predicted octanol–water partition coefficient (Wildman–Crippen LogP) is 6.59. The summed E-state index contributed by atoms with van der Waals surface area (Å²) < 4.78 is 61.7. The van der Waals surface area contributed by atoms with Crippen molar-refractivity contribution in [3.63, 3.8) is 0 Å². The van der Waals surface area contributed by atoms with Gasteiger partial charge in [-0.1, -0.05) is 41.5 Å². The lowest BCUT2D eigenvalue weighted by Gasteiger charge is -2.08. The van der Waals surface area contributed by atoms with Gasteiger partial charge in [-0.15, -0.1) is 0 Å². The number of alkyl halides is 3. The van der Waals surface area contributed by atoms with Crippen molar-refractivity contribution >= 4 is 40.8 Å². The number of fused-ring (bicyclic) bond motifs is 3. The monoisotopic (exact) mass is 465 g/mol. The van der Waals surface area contributed by atoms with E-state index in [9.17, 15) is 13.2 Å². The molecule has 0 radical (unpaired) electrons. The molecule has 4 rings (SSSR count). The second kappa shape index (κ2) is 8.94. The maximum absolute atomic E-state index is 10.7. The molecule has 1 heterocycles. The van der Waals surface area contributed by atoms with Gasteiger partial charge in [-0.25, -0.2) is 8.42 Å². The van der Waals surface area contributed by atoms with Crippen LogP contribution in [0.3, 0.4) is 0 Å². The molecule has 6 nitrogen and oxygen atoms in total. The molecule has 0 bridgehead atoms. The van der Waals surface area contributed by atoms with Crippen molar-refractivity contribution in [2.75, 3.05) is 0 Å². The van der Waals surface area contributed by atoms with Gasteiger partial charge in [0.05, 0.1) is 6.54 Å². The Kier molecular flexibility index (Phi) is 6.51. The van der Waals surface area contributed by atoms with Crippen LogP contribution in [0.1, 0.15) is 5.56 Å². The zero-order valence-corrected chi connectivity index (χ0v) is 17.3. The third-order valence-electron chi connectivity index (χ3n) is 4.26. The van der Waals surface area contributed by atoms with Gasteiger partial charge in [0.15, 0.2) is 24.4 Å². The molecule has 0 aliphatic rings. The lowest BCUT2D eigenvalue weighted by molar-refractivity contribution is -0.0517. The molecular weight excluding hydrogens is 451 g/mol. The number of azide groups is 1. The molecule has 0 fully saturated rings. The highest BCUT2D eigenvalue weighted by atomic mass is 32.2. The summed E-state index contributed by atoms with van der Waals surface area (Å²) in [6.07, 6.45) is 0. The molecule has 0 saturated heterocycles. The molecular formula is C20H14F3N3O3S2. The molecule has 0 saturated carbocycles. The second-order valence-corrected chi connectivity index (χ2v) is 9.57. The standard InChI is InChI=1S/C19H14N3S.CHF3O3S/c20-22-21-13-14-9-11-15(12-10-14)23-18-7-3-1-5-16(18)17-6-2-4-8-19(17)23;2-1(3,4)8(5,6)7/h1-12H,13H2;(H,5,6,7)/q+1;/p-1. The minimum atomic E-state index is -6.09. The molecule has 3 aromatic carbocycles. The first-order chi connectivity index (χ1) is 14.6. The molecule has 4 aromatic rings. The molecule has 0 spiro atoms. The Labute approximate surface area is 177 Å². The fourth-order valence-corrected chi connectivity index (χ4v) is 5.33. The Balaban J connectivity index is 0.000000293. The van der Waals surface area contributed by atoms with Crippen LogP contribution < -0.4 is 0 Å². The van der Waals surface area contributed by atoms with E-state index in [1.165, 1.54) is 25.1 Å². The number of rotatable bonds is 3. The first-order valence-electron chi connectivity index (χ1n) is 8.68. The van der Waals surface area contributed by atoms with Crippen LogP contribution in [0.4, 0.5) is 13.2 Å². The quantitative estimate of drug-likeness (QED) is 0.0850. The van der Waals surface area contributed by atoms with E-state index in [1.807, 2.05) is 0 Å². The Morgan fingerprint density at radius 2 is 1.35 bits per heavy atom. The summed E-state index contributed by atoms with van der Waals surface area (Å²) in [5.41, 5.74) is 3.83. The minimum absolute atomic E-state index is 0.0580. The van der Waals surface area contributed by atoms with E-state index in [2.05, 4.69) is 82.8 Å². The summed E-state index contributed by atoms with van der Waals surface area (Å²) in [6, 6.07) is 25.7. The van der Waals surface area contributed by atoms with E-state index in [-0.39, 0.29) is 10.5 Å². The largest absolute Gasteiger partial charge is 0.741 e. The topological polar surface area (TPSA) is 106 Å². The van der Waals surface area contributed by atoms with Crippen LogP contribution in [0.2, 0.25) is 0 Å². The van der Waals surface area contributed by atoms with Crippen molar-refractivity contribution in [2.45, 2.75) is 12.1 Å². The molecule has 1 aromatic heterocycles. The van der Waals surface area contributed by atoms with Gasteiger partial charge in [0.25, 0.3) is 0 Å². The summed E-state index contributed by atoms with van der Waals surface area (Å²) in [6.45, 7) is 0.401. The minimum Gasteiger partial charge on any atom is -0.741 e. The summed E-state index contributed by atoms with van der Waals surface area (Å²) in [5, 5.41) is 6.30. The number of nitrogens with zero attached hydrogens (tertiary/aromatic N) is 3. The molecule has 0 unspecified atom stereocenters. The summed E-state index contributed by atoms with van der Waals surface area (Å²) in [4.78, 5) is 4.12. The van der Waals surface area contributed by atoms with Crippen molar-refractivity contribution in [2.24, 2.45) is 5.11 Å². The molecule has 0 aliphatic carbocycles. The smallest absolute Gasteiger partial charge is 0.485 e. The second-order valence-electron chi connectivity index (χ2n) is 6.23. The predicted molar refractivity (Wildman–Crippen MR) is 114 cm³/mol. The molecule has 160 valence electrons. The average Bonchev–Trinajstić information content (AvgIpc) is 3.06. The van der Waals surface area contributed by atoms with E-state index in [1.54, 1.807) is 0 Å². The maximum Gasteiger partial charge on any atom is 0.485 e. The van der Waals surface area contributed by atoms with E-state index in [0.29, 0.717) is 6.54 Å². The van der Waals surface area contributed by atoms with Gasteiger partial charge in [0.2, 0.25) is 0 Å². The molecule has 0 amide bonds. The zero-order chi connectivity index (χ0) is 22.6. The lowest BCUT2D eigenvalue weighted by atomic mass is 10.2. The number of thiophene rings is 1. The van der Waals surface area contributed by atoms with Gasteiger partial charge in [-0.2, -0.15) is 13.2 Å². The van der Waals surface area contributed by atoms with Crippen LogP contribution in [-0.2, 0) is 16.7 Å². The summed E-state index contributed by atoms with van der Waals surface area (Å²) in [7, 11) is -6.15. The number of halogens is 3. The SMILES string of the molecule is O=S(=O)([O-])C(F)(F)F.[N-]=[N+]=NCc1ccc(-[s+]2c3ccccc3c3ccccc32)cc1. The van der Waals surface area contributed by atoms with Crippen molar-refractivity contribution in [1.29, 1.82) is 0 Å². The van der Waals surface area contributed by atoms with E-state index < -0.39 is 15.6 Å². The van der Waals surface area contributed by atoms with Gasteiger partial charge in [0, 0.05) is 26.2 Å². The third kappa shape index (κ3) is 4.97. The van der Waals surface area contributed by atoms with E-state index in [0.717, 1.165) is 5.56 Å². The van der Waals surface area contributed by atoms with Crippen LogP contribution in [0, 0.1) is 0 Å². The molecule has 0 atom stereocenters. The highest BCUT2D eigenvalue weighted by Crippen LogP contribution is 2.48. The Morgan fingerprint density at radius 1 is 0.903 bits per heavy atom. The highest BCUT2D eigenvalue weighted by Gasteiger charge is 2.36. The van der Waals surface area contributed by atoms with Gasteiger partial charge in [-0.05, 0) is 47.5 Å². The normalized spacial score (nSPS) is 11.6. The Bertz CT molecular complexity index is 1320. The van der Waals surface area contributed by atoms with Gasteiger partial charge < -0.3 is 4.55 Å². The van der Waals surface area contributed by atoms with Crippen LogP contribution in [0.25, 0.3) is 35.5 Å². The van der Waals surface area contributed by atoms with Crippen molar-refractivity contribution in [1.82, 2.24) is 0 Å². The summed E-state index contributed by atoms with van der Waals surface area (Å²) >= 11 is 0. The Hall–Kier alpha value is -3.11. The molecule has 0 N–H and O–H groups in total. The van der Waals surface area contributed by atoms with Crippen molar-refractivity contribution in [3.8, 4) is 4.90 Å². The Morgan fingerprint density at radius 3 is 1.77 bits per heavy atom. The zero-order valence-electron chi connectivity index (χ0n) is 15.7. The van der Waals surface area contributed by atoms with E-state index >= 15 is 0 Å². The number of hydrogen-bond acceptors (Lipinski definition) is 4. The van der Waals surface area contributed by atoms with Gasteiger partial charge in [0.1, 0.15) is 0 Å². The summed E-state index contributed by atoms with van der Waals surface area (Å²) in [5.74, 6) is 0. The maximum atomic E-state index is 10.7. The third-order valence-corrected chi connectivity index (χ3v) is 7.17. The van der Waals surface area contributed by atoms with Crippen LogP contribution >= 0.6 is 10.5 Å².